The first kappa shape index (κ1) is 17.1. The van der Waals surface area contributed by atoms with Crippen molar-refractivity contribution in [2.75, 3.05) is 29.9 Å². The zero-order valence-electron chi connectivity index (χ0n) is 14.6. The molecule has 132 valence electrons. The summed E-state index contributed by atoms with van der Waals surface area (Å²) in [7, 11) is 0. The Hall–Kier alpha value is -2.70. The Morgan fingerprint density at radius 3 is 3.04 bits per heavy atom. The second kappa shape index (κ2) is 7.92. The van der Waals surface area contributed by atoms with Crippen molar-refractivity contribution in [1.29, 1.82) is 0 Å². The summed E-state index contributed by atoms with van der Waals surface area (Å²) in [5, 5.41) is 11.2. The number of nitrogens with one attached hydrogen (secondary N) is 1. The third-order valence-electron chi connectivity index (χ3n) is 4.20. The van der Waals surface area contributed by atoms with Crippen LogP contribution in [0.2, 0.25) is 0 Å². The number of hydrogen-bond acceptors (Lipinski definition) is 7. The van der Waals surface area contributed by atoms with Crippen LogP contribution < -0.4 is 10.2 Å². The predicted molar refractivity (Wildman–Crippen MR) is 96.1 cm³/mol. The lowest BCUT2D eigenvalue weighted by Gasteiger charge is -2.31. The second-order valence-corrected chi connectivity index (χ2v) is 6.22. The van der Waals surface area contributed by atoms with Crippen molar-refractivity contribution in [3.8, 4) is 0 Å². The molecule has 25 heavy (non-hydrogen) atoms. The topological polar surface area (TPSA) is 80.2 Å². The van der Waals surface area contributed by atoms with Gasteiger partial charge in [0.25, 0.3) is 0 Å². The highest BCUT2D eigenvalue weighted by Gasteiger charge is 2.19. The number of esters is 1. The first-order valence-corrected chi connectivity index (χ1v) is 8.65. The van der Waals surface area contributed by atoms with Crippen molar-refractivity contribution < 1.29 is 9.53 Å². The minimum atomic E-state index is -0.375. The molecule has 1 aliphatic heterocycles. The number of piperidine rings is 1. The number of rotatable bonds is 5. The van der Waals surface area contributed by atoms with Crippen LogP contribution in [0.1, 0.15) is 37.0 Å². The summed E-state index contributed by atoms with van der Waals surface area (Å²) in [5.41, 5.74) is 1.05. The molecule has 1 unspecified atom stereocenters. The number of carbonyl (C=O) groups excluding carboxylic acids is 1. The van der Waals surface area contributed by atoms with Gasteiger partial charge < -0.3 is 15.0 Å². The number of anilines is 3. The summed E-state index contributed by atoms with van der Waals surface area (Å²) in [6.07, 6.45) is 4.08. The van der Waals surface area contributed by atoms with Gasteiger partial charge in [-0.05, 0) is 37.8 Å². The third-order valence-corrected chi connectivity index (χ3v) is 4.20. The van der Waals surface area contributed by atoms with E-state index < -0.39 is 0 Å². The summed E-state index contributed by atoms with van der Waals surface area (Å²) >= 11 is 0. The van der Waals surface area contributed by atoms with E-state index in [-0.39, 0.29) is 5.97 Å². The molecule has 1 aromatic carbocycles. The van der Waals surface area contributed by atoms with Gasteiger partial charge in [0.05, 0.1) is 24.1 Å². The Kier molecular flexibility index (Phi) is 5.42. The van der Waals surface area contributed by atoms with Crippen LogP contribution in [0.25, 0.3) is 0 Å². The largest absolute Gasteiger partial charge is 0.462 e. The minimum absolute atomic E-state index is 0.327. The van der Waals surface area contributed by atoms with E-state index in [2.05, 4.69) is 32.3 Å². The molecule has 7 nitrogen and oxygen atoms in total. The fraction of sp³-hybridized carbons (Fsp3) is 0.444. The van der Waals surface area contributed by atoms with E-state index in [4.69, 9.17) is 4.74 Å². The average Bonchev–Trinajstić information content (AvgIpc) is 2.63. The van der Waals surface area contributed by atoms with Gasteiger partial charge in [-0.1, -0.05) is 19.1 Å². The standard InChI is InChI=1S/C18H23N5O2/c1-3-25-17(24)14-8-4-5-9-15(14)20-18-21-16(11-19-22-18)23-10-6-7-13(2)12-23/h4-5,8-9,11,13H,3,6-7,10,12H2,1-2H3,(H,20,21,22). The molecule has 0 radical (unpaired) electrons. The van der Waals surface area contributed by atoms with Gasteiger partial charge in [0.2, 0.25) is 5.95 Å². The van der Waals surface area contributed by atoms with Gasteiger partial charge in [0.1, 0.15) is 0 Å². The number of benzene rings is 1. The lowest BCUT2D eigenvalue weighted by atomic mass is 10.0. The monoisotopic (exact) mass is 341 g/mol. The lowest BCUT2D eigenvalue weighted by molar-refractivity contribution is 0.0527. The first-order chi connectivity index (χ1) is 12.2. The Labute approximate surface area is 147 Å². The van der Waals surface area contributed by atoms with E-state index in [1.54, 1.807) is 31.3 Å². The van der Waals surface area contributed by atoms with Crippen LogP contribution in [0.4, 0.5) is 17.5 Å². The van der Waals surface area contributed by atoms with Crippen molar-refractivity contribution in [3.63, 3.8) is 0 Å². The molecule has 0 amide bonds. The summed E-state index contributed by atoms with van der Waals surface area (Å²) in [6, 6.07) is 7.14. The number of para-hydroxylation sites is 1. The molecule has 3 rings (SSSR count). The van der Waals surface area contributed by atoms with Gasteiger partial charge in [0, 0.05) is 13.1 Å². The van der Waals surface area contributed by atoms with Gasteiger partial charge in [-0.15, -0.1) is 5.10 Å². The molecule has 2 heterocycles. The molecule has 1 saturated heterocycles. The van der Waals surface area contributed by atoms with Crippen LogP contribution in [0.5, 0.6) is 0 Å². The van der Waals surface area contributed by atoms with Crippen LogP contribution in [0.15, 0.2) is 30.5 Å². The van der Waals surface area contributed by atoms with E-state index in [1.165, 1.54) is 6.42 Å². The molecule has 2 aromatic rings. The molecule has 1 aromatic heterocycles. The average molecular weight is 341 g/mol. The highest BCUT2D eigenvalue weighted by Crippen LogP contribution is 2.23. The molecule has 0 saturated carbocycles. The molecule has 7 heteroatoms. The van der Waals surface area contributed by atoms with E-state index in [1.807, 2.05) is 6.07 Å². The van der Waals surface area contributed by atoms with E-state index in [9.17, 15) is 4.79 Å². The molecule has 1 fully saturated rings. The SMILES string of the molecule is CCOC(=O)c1ccccc1Nc1nncc(N2CCCC(C)C2)n1. The maximum atomic E-state index is 12.1. The highest BCUT2D eigenvalue weighted by atomic mass is 16.5. The van der Waals surface area contributed by atoms with Crippen molar-refractivity contribution in [2.45, 2.75) is 26.7 Å². The second-order valence-electron chi connectivity index (χ2n) is 6.22. The summed E-state index contributed by atoms with van der Waals surface area (Å²) in [5.74, 6) is 1.44. The van der Waals surface area contributed by atoms with Crippen molar-refractivity contribution >= 4 is 23.4 Å². The fourth-order valence-corrected chi connectivity index (χ4v) is 3.00. The number of carbonyl (C=O) groups is 1. The Morgan fingerprint density at radius 1 is 1.40 bits per heavy atom. The highest BCUT2D eigenvalue weighted by molar-refractivity contribution is 5.96. The van der Waals surface area contributed by atoms with Gasteiger partial charge in [-0.3, -0.25) is 0 Å². The van der Waals surface area contributed by atoms with Gasteiger partial charge in [-0.25, -0.2) is 4.79 Å². The molecular weight excluding hydrogens is 318 g/mol. The fourth-order valence-electron chi connectivity index (χ4n) is 3.00. The smallest absolute Gasteiger partial charge is 0.340 e. The number of hydrogen-bond donors (Lipinski definition) is 1. The van der Waals surface area contributed by atoms with Gasteiger partial charge in [-0.2, -0.15) is 10.1 Å². The molecule has 1 aliphatic rings. The molecular formula is C18H23N5O2. The zero-order chi connectivity index (χ0) is 17.6. The number of nitrogens with zero attached hydrogens (tertiary/aromatic N) is 4. The summed E-state index contributed by atoms with van der Waals surface area (Å²) in [4.78, 5) is 18.9. The number of aromatic nitrogens is 3. The molecule has 0 aliphatic carbocycles. The molecule has 0 bridgehead atoms. The third kappa shape index (κ3) is 4.23. The molecule has 1 N–H and O–H groups in total. The predicted octanol–water partition coefficient (Wildman–Crippen LogP) is 3.03. The number of ether oxygens (including phenoxy) is 1. The Bertz CT molecular complexity index is 737. The lowest BCUT2D eigenvalue weighted by Crippen LogP contribution is -2.35. The zero-order valence-corrected chi connectivity index (χ0v) is 14.6. The normalized spacial score (nSPS) is 17.2. The van der Waals surface area contributed by atoms with E-state index in [0.717, 1.165) is 25.3 Å². The Balaban J connectivity index is 1.80. The van der Waals surface area contributed by atoms with Crippen molar-refractivity contribution in [1.82, 2.24) is 15.2 Å². The van der Waals surface area contributed by atoms with E-state index >= 15 is 0 Å². The van der Waals surface area contributed by atoms with Crippen molar-refractivity contribution in [3.05, 3.63) is 36.0 Å². The van der Waals surface area contributed by atoms with Crippen LogP contribution in [-0.2, 0) is 4.74 Å². The van der Waals surface area contributed by atoms with Crippen LogP contribution in [0, 0.1) is 5.92 Å². The Morgan fingerprint density at radius 2 is 2.24 bits per heavy atom. The molecule has 1 atom stereocenters. The van der Waals surface area contributed by atoms with Crippen LogP contribution >= 0.6 is 0 Å². The quantitative estimate of drug-likeness (QED) is 0.837. The maximum absolute atomic E-state index is 12.1. The van der Waals surface area contributed by atoms with E-state index in [0.29, 0.717) is 29.7 Å². The van der Waals surface area contributed by atoms with Gasteiger partial charge in [0.15, 0.2) is 5.82 Å². The molecule has 0 spiro atoms. The van der Waals surface area contributed by atoms with Crippen molar-refractivity contribution in [2.24, 2.45) is 5.92 Å². The summed E-state index contributed by atoms with van der Waals surface area (Å²) < 4.78 is 5.09. The maximum Gasteiger partial charge on any atom is 0.340 e. The van der Waals surface area contributed by atoms with Crippen LogP contribution in [0.3, 0.4) is 0 Å². The minimum Gasteiger partial charge on any atom is -0.462 e. The van der Waals surface area contributed by atoms with Crippen LogP contribution in [-0.4, -0.2) is 40.8 Å². The first-order valence-electron chi connectivity index (χ1n) is 8.65. The summed E-state index contributed by atoms with van der Waals surface area (Å²) in [6.45, 7) is 6.30. The van der Waals surface area contributed by atoms with Gasteiger partial charge >= 0.3 is 5.97 Å².